The number of nitrogens with one attached hydrogen (secondary N) is 1. The van der Waals surface area contributed by atoms with E-state index >= 15 is 0 Å². The summed E-state index contributed by atoms with van der Waals surface area (Å²) in [5, 5.41) is 16.1. The van der Waals surface area contributed by atoms with E-state index in [2.05, 4.69) is 15.2 Å². The van der Waals surface area contributed by atoms with Gasteiger partial charge in [0.2, 0.25) is 0 Å². The summed E-state index contributed by atoms with van der Waals surface area (Å²) in [6.45, 7) is 3.72. The molecule has 0 aliphatic heterocycles. The van der Waals surface area contributed by atoms with Crippen LogP contribution < -0.4 is 4.74 Å². The minimum atomic E-state index is -0.941. The molecule has 0 saturated carbocycles. The van der Waals surface area contributed by atoms with E-state index in [1.807, 2.05) is 42.5 Å². The third-order valence-corrected chi connectivity index (χ3v) is 4.10. The van der Waals surface area contributed by atoms with Gasteiger partial charge in [-0.25, -0.2) is 0 Å². The zero-order valence-electron chi connectivity index (χ0n) is 14.1. The average Bonchev–Trinajstić information content (AvgIpc) is 3.15. The molecule has 130 valence electrons. The topological polar surface area (TPSA) is 88.1 Å². The van der Waals surface area contributed by atoms with Crippen molar-refractivity contribution in [1.29, 1.82) is 0 Å². The van der Waals surface area contributed by atoms with Crippen LogP contribution in [0.25, 0.3) is 11.4 Å². The van der Waals surface area contributed by atoms with Crippen LogP contribution in [0.3, 0.4) is 0 Å². The number of hydrogen-bond donors (Lipinski definition) is 2. The molecule has 0 atom stereocenters. The molecule has 26 heavy (non-hydrogen) atoms. The monoisotopic (exact) mass is 361 g/mol. The number of carboxylic acids is 1. The molecule has 2 aromatic heterocycles. The fourth-order valence-electron chi connectivity index (χ4n) is 2.36. The molecule has 0 aliphatic rings. The average molecular weight is 361 g/mol. The third-order valence-electron chi connectivity index (χ3n) is 4.10. The zero-order chi connectivity index (χ0) is 17.9. The summed E-state index contributed by atoms with van der Waals surface area (Å²) < 4.78 is 5.76. The van der Waals surface area contributed by atoms with Gasteiger partial charge in [0.1, 0.15) is 12.4 Å². The molecular weight excluding hydrogens is 341 g/mol. The number of carbonyl (C=O) groups is 1. The molecular formula is C19H20N3NaO3. The van der Waals surface area contributed by atoms with Gasteiger partial charge in [-0.3, -0.25) is 14.9 Å². The molecule has 3 aromatic rings. The SMILES string of the molecule is CC(C)(C(=O)O)c1cccc(COc2ccc(-c3ccn[nH]3)nc2)c1.[NaH]. The molecule has 7 heteroatoms. The summed E-state index contributed by atoms with van der Waals surface area (Å²) in [7, 11) is 0. The number of aliphatic carboxylic acids is 1. The second kappa shape index (κ2) is 8.49. The van der Waals surface area contributed by atoms with Crippen molar-refractivity contribution in [2.75, 3.05) is 0 Å². The second-order valence-electron chi connectivity index (χ2n) is 6.27. The summed E-state index contributed by atoms with van der Waals surface area (Å²) in [6, 6.07) is 13.0. The summed E-state index contributed by atoms with van der Waals surface area (Å²) >= 11 is 0. The molecule has 0 bridgehead atoms. The van der Waals surface area contributed by atoms with E-state index in [4.69, 9.17) is 4.74 Å². The number of carboxylic acid groups (broad SMARTS) is 1. The van der Waals surface area contributed by atoms with Crippen LogP contribution in [-0.4, -0.2) is 55.8 Å². The van der Waals surface area contributed by atoms with Gasteiger partial charge in [-0.05, 0) is 43.2 Å². The number of aromatic amines is 1. The Bertz CT molecular complexity index is 862. The summed E-state index contributed by atoms with van der Waals surface area (Å²) in [4.78, 5) is 15.7. The first-order valence-electron chi connectivity index (χ1n) is 7.88. The van der Waals surface area contributed by atoms with Crippen LogP contribution in [-0.2, 0) is 16.8 Å². The summed E-state index contributed by atoms with van der Waals surface area (Å²) in [6.07, 6.45) is 3.33. The first-order valence-corrected chi connectivity index (χ1v) is 7.88. The number of ether oxygens (including phenoxy) is 1. The fraction of sp³-hybridized carbons (Fsp3) is 0.211. The normalized spacial score (nSPS) is 10.8. The van der Waals surface area contributed by atoms with Crippen LogP contribution in [0.1, 0.15) is 25.0 Å². The molecule has 1 aromatic carbocycles. The summed E-state index contributed by atoms with van der Waals surface area (Å²) in [5.41, 5.74) is 2.34. The van der Waals surface area contributed by atoms with Gasteiger partial charge >= 0.3 is 35.5 Å². The van der Waals surface area contributed by atoms with Crippen molar-refractivity contribution >= 4 is 35.5 Å². The first kappa shape index (κ1) is 20.2. The number of benzene rings is 1. The molecule has 2 heterocycles. The van der Waals surface area contributed by atoms with E-state index in [-0.39, 0.29) is 29.6 Å². The zero-order valence-corrected chi connectivity index (χ0v) is 14.1. The van der Waals surface area contributed by atoms with Crippen LogP contribution in [0.2, 0.25) is 0 Å². The van der Waals surface area contributed by atoms with E-state index < -0.39 is 11.4 Å². The molecule has 0 unspecified atom stereocenters. The number of nitrogens with zero attached hydrogens (tertiary/aromatic N) is 2. The van der Waals surface area contributed by atoms with Crippen molar-refractivity contribution in [3.05, 3.63) is 66.0 Å². The van der Waals surface area contributed by atoms with Gasteiger partial charge < -0.3 is 9.84 Å². The van der Waals surface area contributed by atoms with Gasteiger partial charge in [-0.1, -0.05) is 24.3 Å². The van der Waals surface area contributed by atoms with Crippen LogP contribution >= 0.6 is 0 Å². The Labute approximate surface area is 173 Å². The Kier molecular flexibility index (Phi) is 6.58. The fourth-order valence-corrected chi connectivity index (χ4v) is 2.36. The van der Waals surface area contributed by atoms with Gasteiger partial charge in [-0.15, -0.1) is 0 Å². The van der Waals surface area contributed by atoms with Gasteiger partial charge in [0, 0.05) is 6.20 Å². The Morgan fingerprint density at radius 3 is 2.65 bits per heavy atom. The molecule has 0 aliphatic carbocycles. The molecule has 0 saturated heterocycles. The number of aromatic nitrogens is 3. The number of hydrogen-bond acceptors (Lipinski definition) is 4. The van der Waals surface area contributed by atoms with E-state index in [1.165, 1.54) is 0 Å². The van der Waals surface area contributed by atoms with E-state index in [1.54, 1.807) is 26.2 Å². The van der Waals surface area contributed by atoms with Crippen LogP contribution in [0.5, 0.6) is 5.75 Å². The Morgan fingerprint density at radius 1 is 1.23 bits per heavy atom. The van der Waals surface area contributed by atoms with Crippen molar-refractivity contribution in [2.45, 2.75) is 25.9 Å². The molecule has 2 N–H and O–H groups in total. The van der Waals surface area contributed by atoms with E-state index in [0.29, 0.717) is 12.4 Å². The quantitative estimate of drug-likeness (QED) is 0.659. The second-order valence-corrected chi connectivity index (χ2v) is 6.27. The predicted molar refractivity (Wildman–Crippen MR) is 100 cm³/mol. The van der Waals surface area contributed by atoms with Gasteiger partial charge in [0.05, 0.1) is 23.0 Å². The maximum absolute atomic E-state index is 11.4. The number of H-pyrrole nitrogens is 1. The molecule has 0 spiro atoms. The van der Waals surface area contributed by atoms with Crippen molar-refractivity contribution in [3.63, 3.8) is 0 Å². The molecule has 6 nitrogen and oxygen atoms in total. The van der Waals surface area contributed by atoms with E-state index in [0.717, 1.165) is 22.5 Å². The third kappa shape index (κ3) is 4.52. The van der Waals surface area contributed by atoms with Crippen molar-refractivity contribution in [1.82, 2.24) is 15.2 Å². The van der Waals surface area contributed by atoms with Gasteiger partial charge in [0.25, 0.3) is 0 Å². The van der Waals surface area contributed by atoms with Crippen molar-refractivity contribution in [2.24, 2.45) is 0 Å². The molecule has 0 fully saturated rings. The van der Waals surface area contributed by atoms with Crippen molar-refractivity contribution < 1.29 is 14.6 Å². The van der Waals surface area contributed by atoms with E-state index in [9.17, 15) is 9.90 Å². The number of rotatable bonds is 6. The molecule has 0 radical (unpaired) electrons. The standard InChI is InChI=1S/C19H19N3O3.Na.H/c1-19(2,18(23)24)14-5-3-4-13(10-14)12-25-15-6-7-16(20-11-15)17-8-9-21-22-17;;/h3-11H,12H2,1-2H3,(H,21,22)(H,23,24);;. The van der Waals surface area contributed by atoms with Gasteiger partial charge in [-0.2, -0.15) is 5.10 Å². The Hall–Kier alpha value is -2.15. The van der Waals surface area contributed by atoms with Gasteiger partial charge in [0.15, 0.2) is 0 Å². The number of pyridine rings is 1. The minimum absolute atomic E-state index is 0. The van der Waals surface area contributed by atoms with Crippen molar-refractivity contribution in [3.8, 4) is 17.1 Å². The summed E-state index contributed by atoms with van der Waals surface area (Å²) in [5.74, 6) is -0.213. The molecule has 3 rings (SSSR count). The molecule has 0 amide bonds. The van der Waals surface area contributed by atoms with Crippen LogP contribution in [0, 0.1) is 0 Å². The Morgan fingerprint density at radius 2 is 2.04 bits per heavy atom. The predicted octanol–water partition coefficient (Wildman–Crippen LogP) is 2.76. The van der Waals surface area contributed by atoms with Crippen LogP contribution in [0.4, 0.5) is 0 Å². The first-order chi connectivity index (χ1) is 12.0. The Balaban J connectivity index is 0.00000243. The maximum atomic E-state index is 11.4. The van der Waals surface area contributed by atoms with Crippen LogP contribution in [0.15, 0.2) is 54.9 Å².